The smallest absolute Gasteiger partial charge is 0.264 e. The number of amides is 2. The first-order valence-corrected chi connectivity index (χ1v) is 15.3. The zero-order valence-electron chi connectivity index (χ0n) is 24.9. The lowest BCUT2D eigenvalue weighted by atomic mass is 9.92. The summed E-state index contributed by atoms with van der Waals surface area (Å²) in [5.41, 5.74) is 4.19. The number of carbonyl (C=O) groups excluding carboxylic acids is 3. The van der Waals surface area contributed by atoms with Gasteiger partial charge in [-0.1, -0.05) is 50.1 Å². The molecule has 2 heterocycles. The first-order valence-electron chi connectivity index (χ1n) is 15.3. The Hall–Kier alpha value is -3.91. The number of anilines is 1. The number of benzene rings is 3. The van der Waals surface area contributed by atoms with E-state index in [0.29, 0.717) is 29.8 Å². The van der Waals surface area contributed by atoms with Crippen LogP contribution < -0.4 is 5.32 Å². The largest absolute Gasteiger partial charge is 0.380 e. The Morgan fingerprint density at radius 1 is 0.953 bits per heavy atom. The fourth-order valence-electron chi connectivity index (χ4n) is 6.32. The molecule has 1 fully saturated rings. The molecule has 0 spiro atoms. The van der Waals surface area contributed by atoms with E-state index in [1.165, 1.54) is 24.6 Å². The average Bonchev–Trinajstić information content (AvgIpc) is 3.11. The van der Waals surface area contributed by atoms with Gasteiger partial charge in [0, 0.05) is 24.8 Å². The summed E-state index contributed by atoms with van der Waals surface area (Å²) < 4.78 is 27.5. The van der Waals surface area contributed by atoms with Gasteiger partial charge in [0.15, 0.2) is 5.78 Å². The molecule has 2 aliphatic heterocycles. The van der Waals surface area contributed by atoms with E-state index in [9.17, 15) is 23.2 Å². The van der Waals surface area contributed by atoms with Gasteiger partial charge in [0.1, 0.15) is 11.6 Å². The van der Waals surface area contributed by atoms with Crippen LogP contribution in [-0.2, 0) is 17.9 Å². The summed E-state index contributed by atoms with van der Waals surface area (Å²) in [4.78, 5) is 42.5. The van der Waals surface area contributed by atoms with Crippen molar-refractivity contribution >= 4 is 23.3 Å². The number of hydrogen-bond donors (Lipinski definition) is 1. The Kier molecular flexibility index (Phi) is 9.65. The highest BCUT2D eigenvalue weighted by Gasteiger charge is 2.42. The van der Waals surface area contributed by atoms with Crippen LogP contribution in [0.4, 0.5) is 14.5 Å². The van der Waals surface area contributed by atoms with Crippen molar-refractivity contribution in [3.05, 3.63) is 100 Å². The van der Waals surface area contributed by atoms with E-state index in [-0.39, 0.29) is 11.7 Å². The third-order valence-corrected chi connectivity index (χ3v) is 8.65. The van der Waals surface area contributed by atoms with Gasteiger partial charge in [-0.3, -0.25) is 24.2 Å². The summed E-state index contributed by atoms with van der Waals surface area (Å²) in [5.74, 6) is -1.90. The minimum atomic E-state index is -0.743. The van der Waals surface area contributed by atoms with E-state index in [2.05, 4.69) is 34.5 Å². The molecule has 0 aromatic heterocycles. The van der Waals surface area contributed by atoms with Crippen LogP contribution >= 0.6 is 0 Å². The fraction of sp³-hybridized carbons (Fsp3) is 0.400. The summed E-state index contributed by atoms with van der Waals surface area (Å²) in [6.45, 7) is 6.51. The van der Waals surface area contributed by atoms with Gasteiger partial charge in [0.05, 0.1) is 17.2 Å². The van der Waals surface area contributed by atoms with E-state index in [0.717, 1.165) is 73.8 Å². The number of unbranched alkanes of at least 4 members (excludes halogenated alkanes) is 1. The van der Waals surface area contributed by atoms with Gasteiger partial charge in [0.25, 0.3) is 11.8 Å². The quantitative estimate of drug-likeness (QED) is 0.243. The second-order valence-corrected chi connectivity index (χ2v) is 11.8. The van der Waals surface area contributed by atoms with Crippen molar-refractivity contribution < 1.29 is 23.2 Å². The molecule has 2 aliphatic rings. The number of nitrogens with zero attached hydrogens (tertiary/aromatic N) is 2. The molecule has 5 rings (SSSR count). The normalized spacial score (nSPS) is 18.0. The van der Waals surface area contributed by atoms with Gasteiger partial charge in [-0.25, -0.2) is 8.78 Å². The lowest BCUT2D eigenvalue weighted by Gasteiger charge is -2.23. The monoisotopic (exact) mass is 587 g/mol. The van der Waals surface area contributed by atoms with Crippen LogP contribution in [0.2, 0.25) is 0 Å². The Morgan fingerprint density at radius 2 is 1.67 bits per heavy atom. The van der Waals surface area contributed by atoms with Gasteiger partial charge < -0.3 is 5.32 Å². The Labute approximate surface area is 252 Å². The van der Waals surface area contributed by atoms with Crippen LogP contribution in [0.1, 0.15) is 95.7 Å². The number of fused-ring (bicyclic) bond motifs is 1. The summed E-state index contributed by atoms with van der Waals surface area (Å²) >= 11 is 0. The molecule has 226 valence electrons. The number of imide groups is 1. The molecule has 43 heavy (non-hydrogen) atoms. The molecule has 2 atom stereocenters. The third kappa shape index (κ3) is 7.02. The van der Waals surface area contributed by atoms with Crippen LogP contribution in [0.15, 0.2) is 60.7 Å². The molecule has 0 bridgehead atoms. The van der Waals surface area contributed by atoms with E-state index in [4.69, 9.17) is 0 Å². The Balaban J connectivity index is 1.19. The lowest BCUT2D eigenvalue weighted by Crippen LogP contribution is -2.44. The van der Waals surface area contributed by atoms with Crippen LogP contribution in [0.3, 0.4) is 0 Å². The molecule has 8 heteroatoms. The van der Waals surface area contributed by atoms with E-state index < -0.39 is 29.5 Å². The predicted octanol–water partition coefficient (Wildman–Crippen LogP) is 7.09. The maximum atomic E-state index is 13.7. The number of likely N-dealkylation sites (tertiary alicyclic amines) is 1. The number of Topliss-reactive ketones (excluding diaryl/α,β-unsaturated/α-hetero) is 1. The van der Waals surface area contributed by atoms with E-state index in [1.807, 2.05) is 6.92 Å². The van der Waals surface area contributed by atoms with Crippen molar-refractivity contribution in [1.82, 2.24) is 9.80 Å². The van der Waals surface area contributed by atoms with Gasteiger partial charge >= 0.3 is 0 Å². The highest BCUT2D eigenvalue weighted by atomic mass is 19.1. The summed E-state index contributed by atoms with van der Waals surface area (Å²) in [6, 6.07) is 16.6. The fourth-order valence-corrected chi connectivity index (χ4v) is 6.32. The second-order valence-electron chi connectivity index (χ2n) is 11.8. The maximum absolute atomic E-state index is 13.7. The van der Waals surface area contributed by atoms with Crippen molar-refractivity contribution in [3.8, 4) is 0 Å². The minimum absolute atomic E-state index is 0.155. The molecule has 0 radical (unpaired) electrons. The van der Waals surface area contributed by atoms with Crippen molar-refractivity contribution in [3.63, 3.8) is 0 Å². The van der Waals surface area contributed by atoms with Gasteiger partial charge in [-0.2, -0.15) is 0 Å². The minimum Gasteiger partial charge on any atom is -0.380 e. The van der Waals surface area contributed by atoms with Crippen LogP contribution in [0.25, 0.3) is 0 Å². The summed E-state index contributed by atoms with van der Waals surface area (Å²) in [5, 5.41) is 3.33. The van der Waals surface area contributed by atoms with Crippen molar-refractivity contribution in [2.75, 3.05) is 18.4 Å². The first-order chi connectivity index (χ1) is 20.7. The molecule has 0 aliphatic carbocycles. The Morgan fingerprint density at radius 3 is 2.37 bits per heavy atom. The zero-order valence-corrected chi connectivity index (χ0v) is 24.9. The number of nitrogens with one attached hydrogen (secondary N) is 1. The maximum Gasteiger partial charge on any atom is 0.264 e. The highest BCUT2D eigenvalue weighted by Crippen LogP contribution is 2.33. The molecule has 3 aromatic rings. The second kappa shape index (κ2) is 13.6. The molecule has 1 saturated heterocycles. The molecule has 2 unspecified atom stereocenters. The molecular formula is C35H39F2N3O3. The summed E-state index contributed by atoms with van der Waals surface area (Å²) in [6.07, 6.45) is 4.83. The standard InChI is InChI=1S/C35H39F2N3O3/c1-3-4-10-32(23(2)41)40-34(42)30-8-5-9-31(33(30)35(40)43)38-21-24-11-13-25(14-12-24)22-39-16-6-7-26(15-17-39)27-18-28(36)20-29(37)19-27/h5,8-9,11-14,18-20,26,32,38H,3-4,6-7,10,15-17,21-22H2,1-2H3. The topological polar surface area (TPSA) is 69.7 Å². The molecule has 1 N–H and O–H groups in total. The van der Waals surface area contributed by atoms with Crippen LogP contribution in [0.5, 0.6) is 0 Å². The molecule has 2 amide bonds. The molecule has 6 nitrogen and oxygen atoms in total. The van der Waals surface area contributed by atoms with Crippen molar-refractivity contribution in [2.45, 2.75) is 77.4 Å². The number of hydrogen-bond acceptors (Lipinski definition) is 5. The molecule has 0 saturated carbocycles. The highest BCUT2D eigenvalue weighted by molar-refractivity contribution is 6.25. The van der Waals surface area contributed by atoms with E-state index in [1.54, 1.807) is 18.2 Å². The SMILES string of the molecule is CCCCC(C(C)=O)N1C(=O)c2cccc(NCc3ccc(CN4CCCC(c5cc(F)cc(F)c5)CC4)cc3)c2C1=O. The van der Waals surface area contributed by atoms with Gasteiger partial charge in [-0.05, 0) is 92.6 Å². The number of carbonyl (C=O) groups is 3. The number of ketones is 1. The van der Waals surface area contributed by atoms with Gasteiger partial charge in [0.2, 0.25) is 0 Å². The Bertz CT molecular complexity index is 1470. The van der Waals surface area contributed by atoms with Crippen molar-refractivity contribution in [2.24, 2.45) is 0 Å². The average molecular weight is 588 g/mol. The zero-order chi connectivity index (χ0) is 30.5. The third-order valence-electron chi connectivity index (χ3n) is 8.65. The molecular weight excluding hydrogens is 548 g/mol. The summed E-state index contributed by atoms with van der Waals surface area (Å²) in [7, 11) is 0. The van der Waals surface area contributed by atoms with Gasteiger partial charge in [-0.15, -0.1) is 0 Å². The first kappa shape index (κ1) is 30.5. The van der Waals surface area contributed by atoms with Crippen LogP contribution in [0, 0.1) is 11.6 Å². The predicted molar refractivity (Wildman–Crippen MR) is 163 cm³/mol. The lowest BCUT2D eigenvalue weighted by molar-refractivity contribution is -0.121. The van der Waals surface area contributed by atoms with Crippen molar-refractivity contribution in [1.29, 1.82) is 0 Å². The number of halogens is 2. The van der Waals surface area contributed by atoms with Crippen LogP contribution in [-0.4, -0.2) is 46.5 Å². The number of rotatable bonds is 11. The molecule has 3 aromatic carbocycles. The van der Waals surface area contributed by atoms with E-state index >= 15 is 0 Å².